The van der Waals surface area contributed by atoms with E-state index in [2.05, 4.69) is 15.5 Å². The van der Waals surface area contributed by atoms with Crippen LogP contribution in [0.1, 0.15) is 19.4 Å². The number of hydrogen-bond acceptors (Lipinski definition) is 6. The zero-order valence-corrected chi connectivity index (χ0v) is 20.2. The molecule has 3 aromatic rings. The topological polar surface area (TPSA) is 97.2 Å². The number of hydrogen-bond donors (Lipinski definition) is 1. The second-order valence-corrected chi connectivity index (χ2v) is 10.1. The fourth-order valence-electron chi connectivity index (χ4n) is 3.23. The van der Waals surface area contributed by atoms with E-state index < -0.39 is 10.0 Å². The lowest BCUT2D eigenvalue weighted by Crippen LogP contribution is -2.30. The zero-order valence-electron chi connectivity index (χ0n) is 18.6. The largest absolute Gasteiger partial charge is 0.325 e. The van der Waals surface area contributed by atoms with Gasteiger partial charge in [0, 0.05) is 31.4 Å². The fraction of sp³-hybridized carbons (Fsp3) is 0.318. The predicted molar refractivity (Wildman–Crippen MR) is 127 cm³/mol. The van der Waals surface area contributed by atoms with Gasteiger partial charge in [0.2, 0.25) is 15.9 Å². The maximum Gasteiger partial charge on any atom is 0.243 e. The van der Waals surface area contributed by atoms with Gasteiger partial charge in [-0.25, -0.2) is 8.42 Å². The van der Waals surface area contributed by atoms with Gasteiger partial charge in [-0.3, -0.25) is 4.79 Å². The Morgan fingerprint density at radius 2 is 1.78 bits per heavy atom. The predicted octanol–water partition coefficient (Wildman–Crippen LogP) is 3.55. The van der Waals surface area contributed by atoms with Crippen molar-refractivity contribution in [3.8, 4) is 11.4 Å². The monoisotopic (exact) mass is 473 g/mol. The number of carbonyl (C=O) groups is 1. The summed E-state index contributed by atoms with van der Waals surface area (Å²) in [6.45, 7) is 6.43. The van der Waals surface area contributed by atoms with Crippen LogP contribution in [-0.2, 0) is 21.9 Å². The standard InChI is InChI=1S/C22H27N5O3S2/c1-5-27(6-2)32(29,30)19-12-10-18(11-13-19)23-20(28)15-31-22-25-24-21(26(22)4)17-9-7-8-16(3)14-17/h7-14H,5-6,15H2,1-4H3,(H,23,28). The minimum absolute atomic E-state index is 0.152. The third kappa shape index (κ3) is 5.37. The average Bonchev–Trinajstić information content (AvgIpc) is 3.13. The third-order valence-corrected chi connectivity index (χ3v) is 8.01. The van der Waals surface area contributed by atoms with Crippen molar-refractivity contribution in [1.82, 2.24) is 19.1 Å². The molecule has 0 saturated heterocycles. The molecule has 1 aromatic heterocycles. The average molecular weight is 474 g/mol. The highest BCUT2D eigenvalue weighted by molar-refractivity contribution is 7.99. The molecule has 1 heterocycles. The molecular formula is C22H27N5O3S2. The molecule has 0 spiro atoms. The molecule has 3 rings (SSSR count). The smallest absolute Gasteiger partial charge is 0.243 e. The Kier molecular flexibility index (Phi) is 7.70. The molecule has 1 N–H and O–H groups in total. The lowest BCUT2D eigenvalue weighted by molar-refractivity contribution is -0.113. The van der Waals surface area contributed by atoms with Crippen molar-refractivity contribution in [3.05, 3.63) is 54.1 Å². The molecule has 32 heavy (non-hydrogen) atoms. The molecule has 8 nitrogen and oxygen atoms in total. The Balaban J connectivity index is 1.61. The van der Waals surface area contributed by atoms with Crippen molar-refractivity contribution in [2.24, 2.45) is 7.05 Å². The molecule has 0 aliphatic carbocycles. The van der Waals surface area contributed by atoms with E-state index in [9.17, 15) is 13.2 Å². The number of benzene rings is 2. The Morgan fingerprint density at radius 1 is 1.09 bits per heavy atom. The molecule has 0 atom stereocenters. The first-order chi connectivity index (χ1) is 15.3. The highest BCUT2D eigenvalue weighted by Crippen LogP contribution is 2.24. The summed E-state index contributed by atoms with van der Waals surface area (Å²) in [6, 6.07) is 14.2. The van der Waals surface area contributed by atoms with Crippen LogP contribution in [0.15, 0.2) is 58.6 Å². The number of nitrogens with one attached hydrogen (secondary N) is 1. The molecule has 0 fully saturated rings. The van der Waals surface area contributed by atoms with Crippen LogP contribution in [-0.4, -0.2) is 52.2 Å². The summed E-state index contributed by atoms with van der Waals surface area (Å²) in [5, 5.41) is 11.9. The number of carbonyl (C=O) groups excluding carboxylic acids is 1. The van der Waals surface area contributed by atoms with Crippen LogP contribution < -0.4 is 5.32 Å². The molecule has 0 bridgehead atoms. The summed E-state index contributed by atoms with van der Waals surface area (Å²) in [6.07, 6.45) is 0. The Bertz CT molecular complexity index is 1190. The normalized spacial score (nSPS) is 11.7. The van der Waals surface area contributed by atoms with Gasteiger partial charge in [-0.2, -0.15) is 4.31 Å². The van der Waals surface area contributed by atoms with Gasteiger partial charge in [0.05, 0.1) is 10.6 Å². The summed E-state index contributed by atoms with van der Waals surface area (Å²) in [7, 11) is -1.65. The number of aromatic nitrogens is 3. The lowest BCUT2D eigenvalue weighted by atomic mass is 10.1. The number of thioether (sulfide) groups is 1. The first-order valence-corrected chi connectivity index (χ1v) is 12.7. The molecular weight excluding hydrogens is 446 g/mol. The minimum atomic E-state index is -3.52. The van der Waals surface area contributed by atoms with Crippen LogP contribution in [0.3, 0.4) is 0 Å². The van der Waals surface area contributed by atoms with E-state index in [4.69, 9.17) is 0 Å². The number of nitrogens with zero attached hydrogens (tertiary/aromatic N) is 4. The van der Waals surface area contributed by atoms with Crippen LogP contribution in [0.5, 0.6) is 0 Å². The van der Waals surface area contributed by atoms with Gasteiger partial charge in [-0.15, -0.1) is 10.2 Å². The zero-order chi connectivity index (χ0) is 23.3. The first kappa shape index (κ1) is 24.0. The molecule has 10 heteroatoms. The van der Waals surface area contributed by atoms with E-state index in [1.165, 1.54) is 28.2 Å². The van der Waals surface area contributed by atoms with Crippen LogP contribution in [0.2, 0.25) is 0 Å². The van der Waals surface area contributed by atoms with Crippen molar-refractivity contribution in [2.45, 2.75) is 30.8 Å². The number of amides is 1. The van der Waals surface area contributed by atoms with Crippen LogP contribution in [0, 0.1) is 6.92 Å². The van der Waals surface area contributed by atoms with Gasteiger partial charge in [-0.1, -0.05) is 49.4 Å². The van der Waals surface area contributed by atoms with Crippen LogP contribution in [0.4, 0.5) is 5.69 Å². The molecule has 0 radical (unpaired) electrons. The maximum absolute atomic E-state index is 12.6. The van der Waals surface area contributed by atoms with Crippen molar-refractivity contribution in [3.63, 3.8) is 0 Å². The third-order valence-electron chi connectivity index (χ3n) is 4.92. The van der Waals surface area contributed by atoms with E-state index in [0.717, 1.165) is 17.0 Å². The van der Waals surface area contributed by atoms with Crippen molar-refractivity contribution >= 4 is 33.4 Å². The highest BCUT2D eigenvalue weighted by Gasteiger charge is 2.21. The van der Waals surface area contributed by atoms with E-state index >= 15 is 0 Å². The molecule has 2 aromatic carbocycles. The van der Waals surface area contributed by atoms with Gasteiger partial charge < -0.3 is 9.88 Å². The molecule has 170 valence electrons. The SMILES string of the molecule is CCN(CC)S(=O)(=O)c1ccc(NC(=O)CSc2nnc(-c3cccc(C)c3)n2C)cc1. The second-order valence-electron chi connectivity index (χ2n) is 7.19. The van der Waals surface area contributed by atoms with E-state index in [-0.39, 0.29) is 16.6 Å². The van der Waals surface area contributed by atoms with E-state index in [1.807, 2.05) is 42.8 Å². The van der Waals surface area contributed by atoms with Gasteiger partial charge in [0.25, 0.3) is 0 Å². The van der Waals surface area contributed by atoms with Crippen molar-refractivity contribution in [2.75, 3.05) is 24.2 Å². The number of rotatable bonds is 9. The minimum Gasteiger partial charge on any atom is -0.325 e. The molecule has 0 aliphatic rings. The van der Waals surface area contributed by atoms with Gasteiger partial charge in [0.1, 0.15) is 0 Å². The molecule has 0 aliphatic heterocycles. The second kappa shape index (κ2) is 10.3. The van der Waals surface area contributed by atoms with Gasteiger partial charge in [0.15, 0.2) is 11.0 Å². The van der Waals surface area contributed by atoms with E-state index in [1.54, 1.807) is 26.0 Å². The summed E-state index contributed by atoms with van der Waals surface area (Å²) < 4.78 is 28.4. The number of sulfonamides is 1. The Labute approximate surface area is 193 Å². The first-order valence-electron chi connectivity index (χ1n) is 10.3. The van der Waals surface area contributed by atoms with Crippen LogP contribution in [0.25, 0.3) is 11.4 Å². The van der Waals surface area contributed by atoms with Gasteiger partial charge >= 0.3 is 0 Å². The van der Waals surface area contributed by atoms with E-state index in [0.29, 0.717) is 23.9 Å². The Hall–Kier alpha value is -2.69. The maximum atomic E-state index is 12.6. The summed E-state index contributed by atoms with van der Waals surface area (Å²) in [4.78, 5) is 12.6. The number of aryl methyl sites for hydroxylation is 1. The summed E-state index contributed by atoms with van der Waals surface area (Å²) in [5.74, 6) is 0.676. The van der Waals surface area contributed by atoms with Crippen molar-refractivity contribution in [1.29, 1.82) is 0 Å². The quantitative estimate of drug-likeness (QED) is 0.478. The lowest BCUT2D eigenvalue weighted by Gasteiger charge is -2.18. The highest BCUT2D eigenvalue weighted by atomic mass is 32.2. The molecule has 1 amide bonds. The van der Waals surface area contributed by atoms with Crippen molar-refractivity contribution < 1.29 is 13.2 Å². The fourth-order valence-corrected chi connectivity index (χ4v) is 5.40. The summed E-state index contributed by atoms with van der Waals surface area (Å²) in [5.41, 5.74) is 2.64. The number of anilines is 1. The van der Waals surface area contributed by atoms with Gasteiger partial charge in [-0.05, 0) is 37.3 Å². The van der Waals surface area contributed by atoms with Crippen LogP contribution >= 0.6 is 11.8 Å². The molecule has 0 saturated carbocycles. The summed E-state index contributed by atoms with van der Waals surface area (Å²) >= 11 is 1.29. The molecule has 0 unspecified atom stereocenters. The Morgan fingerprint density at radius 3 is 2.41 bits per heavy atom.